The Bertz CT molecular complexity index is 658. The van der Waals surface area contributed by atoms with Crippen molar-refractivity contribution >= 4 is 23.3 Å². The van der Waals surface area contributed by atoms with E-state index < -0.39 is 5.97 Å². The molecule has 0 amide bonds. The van der Waals surface area contributed by atoms with E-state index in [1.165, 1.54) is 12.1 Å². The molecule has 0 heterocycles. The van der Waals surface area contributed by atoms with Crippen LogP contribution in [0.25, 0.3) is 0 Å². The van der Waals surface area contributed by atoms with Gasteiger partial charge in [-0.1, -0.05) is 29.8 Å². The van der Waals surface area contributed by atoms with Crippen LogP contribution >= 0.6 is 11.6 Å². The molecule has 0 radical (unpaired) electrons. The number of nitrogen functional groups attached to an aromatic ring is 1. The van der Waals surface area contributed by atoms with E-state index in [0.29, 0.717) is 11.3 Å². The number of hydrogen-bond donors (Lipinski definition) is 3. The first-order valence-corrected chi connectivity index (χ1v) is 6.09. The molecule has 6 heteroatoms. The lowest BCUT2D eigenvalue weighted by atomic mass is 10.1. The first kappa shape index (κ1) is 14.2. The molecule has 2 aromatic carbocycles. The zero-order valence-corrected chi connectivity index (χ0v) is 11.1. The Morgan fingerprint density at radius 2 is 2.00 bits per heavy atom. The summed E-state index contributed by atoms with van der Waals surface area (Å²) >= 11 is 5.99. The summed E-state index contributed by atoms with van der Waals surface area (Å²) < 4.78 is 5.55. The Balaban J connectivity index is 2.50. The Kier molecular flexibility index (Phi) is 4.12. The number of para-hydroxylation sites is 1. The smallest absolute Gasteiger partial charge is 0.339 e. The van der Waals surface area contributed by atoms with Crippen LogP contribution < -0.4 is 10.5 Å². The number of halogens is 1. The number of benzene rings is 2. The molecule has 2 aromatic rings. The van der Waals surface area contributed by atoms with Crippen molar-refractivity contribution in [3.05, 3.63) is 52.5 Å². The highest BCUT2D eigenvalue weighted by Crippen LogP contribution is 2.36. The maximum Gasteiger partial charge on any atom is 0.339 e. The van der Waals surface area contributed by atoms with E-state index in [9.17, 15) is 15.0 Å². The largest absolute Gasteiger partial charge is 0.478 e. The average molecular weight is 294 g/mol. The molecule has 0 aliphatic carbocycles. The number of aromatic carboxylic acids is 1. The number of hydrogen-bond acceptors (Lipinski definition) is 4. The van der Waals surface area contributed by atoms with Gasteiger partial charge >= 0.3 is 5.97 Å². The van der Waals surface area contributed by atoms with Gasteiger partial charge in [0.2, 0.25) is 0 Å². The molecular formula is C14H12ClNO4. The van der Waals surface area contributed by atoms with E-state index in [2.05, 4.69) is 0 Å². The van der Waals surface area contributed by atoms with Crippen molar-refractivity contribution in [3.8, 4) is 11.5 Å². The summed E-state index contributed by atoms with van der Waals surface area (Å²) in [6.45, 7) is -0.231. The molecule has 0 saturated heterocycles. The Labute approximate surface area is 120 Å². The lowest BCUT2D eigenvalue weighted by Gasteiger charge is -2.13. The highest BCUT2D eigenvalue weighted by atomic mass is 35.5. The predicted molar refractivity (Wildman–Crippen MR) is 75.3 cm³/mol. The van der Waals surface area contributed by atoms with E-state index in [1.54, 1.807) is 24.3 Å². The molecule has 104 valence electrons. The molecule has 5 nitrogen and oxygen atoms in total. The first-order chi connectivity index (χ1) is 9.52. The van der Waals surface area contributed by atoms with Gasteiger partial charge in [-0.05, 0) is 18.2 Å². The van der Waals surface area contributed by atoms with Gasteiger partial charge in [0, 0.05) is 11.3 Å². The summed E-state index contributed by atoms with van der Waals surface area (Å²) in [5.74, 6) is -0.867. The molecule has 0 saturated carbocycles. The van der Waals surface area contributed by atoms with E-state index in [1.807, 2.05) is 0 Å². The Hall–Kier alpha value is -2.24. The fraction of sp³-hybridized carbons (Fsp3) is 0.0714. The van der Waals surface area contributed by atoms with Crippen LogP contribution in [0.1, 0.15) is 15.9 Å². The molecule has 0 aliphatic rings. The summed E-state index contributed by atoms with van der Waals surface area (Å²) in [5, 5.41) is 18.5. The van der Waals surface area contributed by atoms with Crippen molar-refractivity contribution in [3.63, 3.8) is 0 Å². The molecule has 0 spiro atoms. The van der Waals surface area contributed by atoms with Crippen molar-refractivity contribution in [1.82, 2.24) is 0 Å². The van der Waals surface area contributed by atoms with Crippen LogP contribution in [0.15, 0.2) is 36.4 Å². The maximum atomic E-state index is 11.2. The third-order valence-corrected chi connectivity index (χ3v) is 2.93. The molecule has 2 rings (SSSR count). The number of aliphatic hydroxyl groups is 1. The number of rotatable bonds is 4. The minimum atomic E-state index is -1.20. The van der Waals surface area contributed by atoms with Gasteiger partial charge in [0.05, 0.1) is 11.6 Å². The number of nitrogens with two attached hydrogens (primary N) is 1. The second-order valence-electron chi connectivity index (χ2n) is 4.05. The number of ether oxygens (including phenoxy) is 1. The van der Waals surface area contributed by atoms with Crippen molar-refractivity contribution in [1.29, 1.82) is 0 Å². The molecule has 0 unspecified atom stereocenters. The van der Waals surface area contributed by atoms with Gasteiger partial charge in [0.1, 0.15) is 11.3 Å². The average Bonchev–Trinajstić information content (AvgIpc) is 2.41. The summed E-state index contributed by atoms with van der Waals surface area (Å²) in [4.78, 5) is 11.2. The monoisotopic (exact) mass is 293 g/mol. The second kappa shape index (κ2) is 5.81. The zero-order valence-electron chi connectivity index (χ0n) is 10.3. The van der Waals surface area contributed by atoms with Crippen LogP contribution in [0.5, 0.6) is 11.5 Å². The van der Waals surface area contributed by atoms with Gasteiger partial charge in [0.25, 0.3) is 0 Å². The fourth-order valence-corrected chi connectivity index (χ4v) is 1.99. The van der Waals surface area contributed by atoms with Crippen molar-refractivity contribution in [2.24, 2.45) is 0 Å². The Morgan fingerprint density at radius 3 is 2.65 bits per heavy atom. The molecule has 0 bridgehead atoms. The van der Waals surface area contributed by atoms with Gasteiger partial charge < -0.3 is 20.7 Å². The summed E-state index contributed by atoms with van der Waals surface area (Å²) in [6, 6.07) is 9.40. The van der Waals surface area contributed by atoms with Gasteiger partial charge in [-0.25, -0.2) is 4.79 Å². The minimum absolute atomic E-state index is 0.00531. The standard InChI is InChI=1S/C14H12ClNO4/c15-11-6-9(16)5-10(14(18)19)13(11)20-12-4-2-1-3-8(12)7-17/h1-6,17H,7,16H2,(H,18,19). The predicted octanol–water partition coefficient (Wildman–Crippen LogP) is 2.91. The zero-order chi connectivity index (χ0) is 14.7. The second-order valence-corrected chi connectivity index (χ2v) is 4.46. The van der Waals surface area contributed by atoms with Gasteiger partial charge in [-0.15, -0.1) is 0 Å². The molecule has 0 fully saturated rings. The quantitative estimate of drug-likeness (QED) is 0.754. The summed E-state index contributed by atoms with van der Waals surface area (Å²) in [7, 11) is 0. The number of anilines is 1. The topological polar surface area (TPSA) is 92.8 Å². The van der Waals surface area contributed by atoms with E-state index >= 15 is 0 Å². The molecule has 0 aliphatic heterocycles. The van der Waals surface area contributed by atoms with Crippen LogP contribution in [-0.4, -0.2) is 16.2 Å². The van der Waals surface area contributed by atoms with E-state index in [4.69, 9.17) is 22.1 Å². The van der Waals surface area contributed by atoms with Crippen LogP contribution in [0.3, 0.4) is 0 Å². The highest BCUT2D eigenvalue weighted by molar-refractivity contribution is 6.33. The minimum Gasteiger partial charge on any atom is -0.478 e. The van der Waals surface area contributed by atoms with Crippen molar-refractivity contribution < 1.29 is 19.7 Å². The lowest BCUT2D eigenvalue weighted by molar-refractivity contribution is 0.0694. The van der Waals surface area contributed by atoms with Crippen LogP contribution in [0.2, 0.25) is 5.02 Å². The number of carbonyl (C=O) groups is 1. The molecule has 0 atom stereocenters. The maximum absolute atomic E-state index is 11.2. The SMILES string of the molecule is Nc1cc(Cl)c(Oc2ccccc2CO)c(C(=O)O)c1. The highest BCUT2D eigenvalue weighted by Gasteiger charge is 2.18. The molecular weight excluding hydrogens is 282 g/mol. The fourth-order valence-electron chi connectivity index (χ4n) is 1.72. The summed E-state index contributed by atoms with van der Waals surface area (Å²) in [6.07, 6.45) is 0. The summed E-state index contributed by atoms with van der Waals surface area (Å²) in [5.41, 5.74) is 6.19. The third-order valence-electron chi connectivity index (χ3n) is 2.65. The van der Waals surface area contributed by atoms with E-state index in [-0.39, 0.29) is 28.6 Å². The molecule has 4 N–H and O–H groups in total. The van der Waals surface area contributed by atoms with Gasteiger partial charge in [-0.3, -0.25) is 0 Å². The number of carboxylic acids is 1. The van der Waals surface area contributed by atoms with Gasteiger partial charge in [0.15, 0.2) is 5.75 Å². The Morgan fingerprint density at radius 1 is 1.30 bits per heavy atom. The van der Waals surface area contributed by atoms with Crippen LogP contribution in [0, 0.1) is 0 Å². The first-order valence-electron chi connectivity index (χ1n) is 5.72. The van der Waals surface area contributed by atoms with Crippen molar-refractivity contribution in [2.75, 3.05) is 5.73 Å². The molecule has 0 aromatic heterocycles. The van der Waals surface area contributed by atoms with Crippen LogP contribution in [-0.2, 0) is 6.61 Å². The van der Waals surface area contributed by atoms with E-state index in [0.717, 1.165) is 0 Å². The van der Waals surface area contributed by atoms with Crippen LogP contribution in [0.4, 0.5) is 5.69 Å². The third kappa shape index (κ3) is 2.84. The number of aliphatic hydroxyl groups excluding tert-OH is 1. The molecule has 20 heavy (non-hydrogen) atoms. The normalized spacial score (nSPS) is 10.3. The lowest BCUT2D eigenvalue weighted by Crippen LogP contribution is -2.03. The van der Waals surface area contributed by atoms with Crippen molar-refractivity contribution in [2.45, 2.75) is 6.61 Å². The number of carboxylic acid groups (broad SMARTS) is 1. The van der Waals surface area contributed by atoms with Gasteiger partial charge in [-0.2, -0.15) is 0 Å².